The van der Waals surface area contributed by atoms with Crippen LogP contribution < -0.4 is 0 Å². The molecule has 3 aromatic heterocycles. The normalized spacial score (nSPS) is 16.2. The van der Waals surface area contributed by atoms with Crippen LogP contribution in [-0.2, 0) is 30.9 Å². The van der Waals surface area contributed by atoms with Crippen LogP contribution in [0.3, 0.4) is 0 Å². The summed E-state index contributed by atoms with van der Waals surface area (Å²) in [4.78, 5) is 8.88. The number of aromatic nitrogens is 2. The number of benzene rings is 4. The SMILES string of the molecule is [2H]C([2H])([2H])c1c[c-]c(-c2ccc(C(C)(C)C)cn2)cc1.[2H]C([2H])([2H])c1ccc2oc3c(-c4cc(-c5ccc(C(C)(C)C)cc5C([2H])([2H])[2H])c(C([2H])([2H])[2H])cn4)[c-]ccc3c2c1.[Ir]. The molecule has 0 unspecified atom stereocenters. The molecule has 257 valence electrons. The Morgan fingerprint density at radius 1 is 0.620 bits per heavy atom. The van der Waals surface area contributed by atoms with Crippen molar-refractivity contribution >= 4 is 21.9 Å². The summed E-state index contributed by atoms with van der Waals surface area (Å²) < 4.78 is 101. The zero-order chi connectivity index (χ0) is 45.1. The molecule has 7 aromatic rings. The Morgan fingerprint density at radius 2 is 1.36 bits per heavy atom. The first-order valence-corrected chi connectivity index (χ1v) is 16.1. The fourth-order valence-electron chi connectivity index (χ4n) is 5.57. The maximum Gasteiger partial charge on any atom is 0.120 e. The Balaban J connectivity index is 0.000000291. The summed E-state index contributed by atoms with van der Waals surface area (Å²) in [5.74, 6) is 0. The van der Waals surface area contributed by atoms with Gasteiger partial charge in [-0.1, -0.05) is 107 Å². The van der Waals surface area contributed by atoms with E-state index in [1.807, 2.05) is 45.2 Å². The Kier molecular flexibility index (Phi) is 6.92. The van der Waals surface area contributed by atoms with Crippen LogP contribution in [0.15, 0.2) is 102 Å². The second kappa shape index (κ2) is 14.5. The molecular formula is C46H46IrN2O-2. The molecule has 50 heavy (non-hydrogen) atoms. The summed E-state index contributed by atoms with van der Waals surface area (Å²) in [5.41, 5.74) is 5.97. The zero-order valence-electron chi connectivity index (χ0n) is 40.9. The van der Waals surface area contributed by atoms with Crippen LogP contribution in [0, 0.1) is 39.5 Å². The van der Waals surface area contributed by atoms with Gasteiger partial charge < -0.3 is 14.4 Å². The summed E-state index contributed by atoms with van der Waals surface area (Å²) in [6.45, 7) is 2.93. The molecule has 0 fully saturated rings. The first-order chi connectivity index (χ1) is 28.0. The second-order valence-electron chi connectivity index (χ2n) is 14.2. The van der Waals surface area contributed by atoms with Crippen molar-refractivity contribution in [3.8, 4) is 33.6 Å². The van der Waals surface area contributed by atoms with Crippen LogP contribution in [0.2, 0.25) is 0 Å². The third-order valence-electron chi connectivity index (χ3n) is 8.49. The van der Waals surface area contributed by atoms with Crippen molar-refractivity contribution in [3.05, 3.63) is 143 Å². The maximum atomic E-state index is 8.26. The molecule has 4 heteroatoms. The van der Waals surface area contributed by atoms with Gasteiger partial charge in [0.1, 0.15) is 5.58 Å². The quantitative estimate of drug-likeness (QED) is 0.166. The first kappa shape index (κ1) is 23.9. The molecule has 3 heterocycles. The molecule has 3 nitrogen and oxygen atoms in total. The molecule has 0 aliphatic rings. The first-order valence-electron chi connectivity index (χ1n) is 22.1. The van der Waals surface area contributed by atoms with Crippen LogP contribution in [0.25, 0.3) is 55.6 Å². The van der Waals surface area contributed by atoms with Gasteiger partial charge in [-0.3, -0.25) is 0 Å². The largest absolute Gasteiger partial charge is 0.501 e. The number of rotatable bonds is 3. The van der Waals surface area contributed by atoms with Crippen LogP contribution in [0.5, 0.6) is 0 Å². The van der Waals surface area contributed by atoms with Crippen LogP contribution in [0.1, 0.15) is 91.4 Å². The third-order valence-corrected chi connectivity index (χ3v) is 8.49. The Morgan fingerprint density at radius 3 is 2.02 bits per heavy atom. The van der Waals surface area contributed by atoms with E-state index < -0.39 is 27.4 Å². The van der Waals surface area contributed by atoms with Gasteiger partial charge in [-0.15, -0.1) is 53.6 Å². The zero-order valence-corrected chi connectivity index (χ0v) is 31.3. The van der Waals surface area contributed by atoms with E-state index in [0.717, 1.165) is 16.8 Å². The van der Waals surface area contributed by atoms with E-state index in [2.05, 4.69) is 42.9 Å². The van der Waals surface area contributed by atoms with Crippen LogP contribution in [-0.4, -0.2) is 9.97 Å². The van der Waals surface area contributed by atoms with Crippen molar-refractivity contribution in [3.63, 3.8) is 0 Å². The van der Waals surface area contributed by atoms with Crippen molar-refractivity contribution in [2.24, 2.45) is 0 Å². The fourth-order valence-corrected chi connectivity index (χ4v) is 5.57. The van der Waals surface area contributed by atoms with Crippen molar-refractivity contribution < 1.29 is 41.0 Å². The molecule has 0 atom stereocenters. The molecule has 0 bridgehead atoms. The van der Waals surface area contributed by atoms with E-state index in [-0.39, 0.29) is 58.8 Å². The van der Waals surface area contributed by atoms with E-state index >= 15 is 0 Å². The molecule has 0 spiro atoms. The molecular weight excluding hydrogens is 789 g/mol. The van der Waals surface area contributed by atoms with E-state index in [1.165, 1.54) is 23.9 Å². The minimum atomic E-state index is -2.56. The number of hydrogen-bond acceptors (Lipinski definition) is 3. The van der Waals surface area contributed by atoms with Crippen LogP contribution in [0.4, 0.5) is 0 Å². The minimum absolute atomic E-state index is 0. The Labute approximate surface area is 328 Å². The summed E-state index contributed by atoms with van der Waals surface area (Å²) >= 11 is 0. The van der Waals surface area contributed by atoms with E-state index in [0.29, 0.717) is 38.8 Å². The molecule has 0 saturated carbocycles. The summed E-state index contributed by atoms with van der Waals surface area (Å²) in [6, 6.07) is 29.8. The number of furan rings is 1. The van der Waals surface area contributed by atoms with Crippen molar-refractivity contribution in [1.82, 2.24) is 9.97 Å². The standard InChI is InChI=1S/C30H28NO.C16H18N.Ir/c1-18-10-13-28-26(14-18)23-8-7-9-24(29(23)32-28)27-16-25(20(3)17-31-27)22-12-11-21(15-19(22)2)30(4,5)6;1-12-5-7-13(8-6-12)15-10-9-14(11-17-15)16(2,3)4;/h7-8,10-17H,1-6H3;5-7,9-11H,1-4H3;/q2*-1;/i1D3,2D3,3D3;1D3;. The van der Waals surface area contributed by atoms with Crippen molar-refractivity contribution in [2.75, 3.05) is 0 Å². The van der Waals surface area contributed by atoms with Crippen molar-refractivity contribution in [1.29, 1.82) is 0 Å². The van der Waals surface area contributed by atoms with E-state index in [9.17, 15) is 0 Å². The van der Waals surface area contributed by atoms with E-state index in [4.69, 9.17) is 20.9 Å². The third kappa shape index (κ3) is 7.83. The number of pyridine rings is 2. The number of aryl methyl sites for hydroxylation is 4. The maximum absolute atomic E-state index is 8.26. The molecule has 0 N–H and O–H groups in total. The molecule has 7 rings (SSSR count). The van der Waals surface area contributed by atoms with Gasteiger partial charge in [0.2, 0.25) is 0 Å². The fraction of sp³-hybridized carbons (Fsp3) is 0.261. The molecule has 0 aliphatic carbocycles. The molecule has 0 saturated heterocycles. The Bertz CT molecular complexity index is 2640. The summed E-state index contributed by atoms with van der Waals surface area (Å²) in [5, 5.41) is 1.27. The van der Waals surface area contributed by atoms with Gasteiger partial charge in [0, 0.05) is 54.3 Å². The molecule has 1 radical (unpaired) electrons. The second-order valence-corrected chi connectivity index (χ2v) is 14.2. The predicted octanol–water partition coefficient (Wildman–Crippen LogP) is 12.5. The van der Waals surface area contributed by atoms with Crippen LogP contribution >= 0.6 is 0 Å². The minimum Gasteiger partial charge on any atom is -0.501 e. The van der Waals surface area contributed by atoms with Gasteiger partial charge >= 0.3 is 0 Å². The van der Waals surface area contributed by atoms with Gasteiger partial charge in [-0.2, -0.15) is 0 Å². The average Bonchev–Trinajstić information content (AvgIpc) is 3.54. The summed E-state index contributed by atoms with van der Waals surface area (Å²) in [6.07, 6.45) is 3.11. The predicted molar refractivity (Wildman–Crippen MR) is 206 cm³/mol. The number of hydrogen-bond donors (Lipinski definition) is 0. The average molecular weight is 847 g/mol. The van der Waals surface area contributed by atoms with Crippen molar-refractivity contribution in [2.45, 2.75) is 79.8 Å². The van der Waals surface area contributed by atoms with Gasteiger partial charge in [0.15, 0.2) is 0 Å². The van der Waals surface area contributed by atoms with E-state index in [1.54, 1.807) is 54.6 Å². The molecule has 0 amide bonds. The molecule has 0 aliphatic heterocycles. The summed E-state index contributed by atoms with van der Waals surface area (Å²) in [7, 11) is 0. The molecule has 4 aromatic carbocycles. The smallest absolute Gasteiger partial charge is 0.120 e. The monoisotopic (exact) mass is 847 g/mol. The number of fused-ring (bicyclic) bond motifs is 3. The van der Waals surface area contributed by atoms with Gasteiger partial charge in [0.25, 0.3) is 0 Å². The topological polar surface area (TPSA) is 38.9 Å². The van der Waals surface area contributed by atoms with Gasteiger partial charge in [0.05, 0.1) is 5.58 Å². The Hall–Kier alpha value is -4.37. The number of nitrogens with zero attached hydrogens (tertiary/aromatic N) is 2. The van der Waals surface area contributed by atoms with Gasteiger partial charge in [-0.05, 0) is 88.3 Å². The van der Waals surface area contributed by atoms with Gasteiger partial charge in [-0.25, -0.2) is 0 Å².